The van der Waals surface area contributed by atoms with Crippen molar-refractivity contribution in [1.29, 1.82) is 0 Å². The molecule has 0 aromatic heterocycles. The summed E-state index contributed by atoms with van der Waals surface area (Å²) in [7, 11) is 0. The van der Waals surface area contributed by atoms with Gasteiger partial charge in [-0.3, -0.25) is 9.59 Å². The Morgan fingerprint density at radius 2 is 1.77 bits per heavy atom. The molecule has 1 aromatic rings. The smallest absolute Gasteiger partial charge is 0.303 e. The Morgan fingerprint density at radius 3 is 2.23 bits per heavy atom. The van der Waals surface area contributed by atoms with E-state index in [1.165, 1.54) is 0 Å². The number of amides is 1. The molecule has 0 saturated heterocycles. The molecule has 4 nitrogen and oxygen atoms in total. The van der Waals surface area contributed by atoms with Crippen molar-refractivity contribution in [3.05, 3.63) is 34.9 Å². The summed E-state index contributed by atoms with van der Waals surface area (Å²) in [5.41, 5.74) is 0.326. The summed E-state index contributed by atoms with van der Waals surface area (Å²) in [6.45, 7) is 5.80. The van der Waals surface area contributed by atoms with Gasteiger partial charge in [-0.15, -0.1) is 0 Å². The second-order valence-electron chi connectivity index (χ2n) is 5.60. The minimum atomic E-state index is -0.851. The molecule has 0 radical (unpaired) electrons. The van der Waals surface area contributed by atoms with Gasteiger partial charge in [0.1, 0.15) is 0 Å². The van der Waals surface area contributed by atoms with E-state index in [9.17, 15) is 9.59 Å². The molecule has 0 heterocycles. The van der Waals surface area contributed by atoms with Gasteiger partial charge in [0.05, 0.1) is 5.41 Å². The molecular formula is C17H24ClNO3. The molecule has 1 atom stereocenters. The maximum absolute atomic E-state index is 12.8. The van der Waals surface area contributed by atoms with Gasteiger partial charge in [-0.25, -0.2) is 0 Å². The first kappa shape index (κ1) is 18.5. The van der Waals surface area contributed by atoms with Gasteiger partial charge in [-0.2, -0.15) is 0 Å². The van der Waals surface area contributed by atoms with Crippen LogP contribution in [-0.2, 0) is 15.0 Å². The Bertz CT molecular complexity index is 509. The van der Waals surface area contributed by atoms with Gasteiger partial charge in [0.15, 0.2) is 0 Å². The summed E-state index contributed by atoms with van der Waals surface area (Å²) in [6, 6.07) is 7.18. The molecule has 0 aliphatic heterocycles. The zero-order valence-corrected chi connectivity index (χ0v) is 14.1. The maximum atomic E-state index is 12.8. The number of carboxylic acid groups (broad SMARTS) is 1. The molecule has 1 rings (SSSR count). The molecule has 0 aliphatic carbocycles. The molecule has 0 saturated carbocycles. The van der Waals surface area contributed by atoms with E-state index in [0.717, 1.165) is 5.56 Å². The highest BCUT2D eigenvalue weighted by Gasteiger charge is 2.37. The molecule has 122 valence electrons. The maximum Gasteiger partial charge on any atom is 0.303 e. The fraction of sp³-hybridized carbons (Fsp3) is 0.529. The van der Waals surface area contributed by atoms with Crippen LogP contribution in [0.15, 0.2) is 24.3 Å². The van der Waals surface area contributed by atoms with Crippen LogP contribution in [0.3, 0.4) is 0 Å². The lowest BCUT2D eigenvalue weighted by molar-refractivity contribution is -0.137. The summed E-state index contributed by atoms with van der Waals surface area (Å²) in [5, 5.41) is 12.3. The third-order valence-corrected chi connectivity index (χ3v) is 4.46. The van der Waals surface area contributed by atoms with Crippen LogP contribution in [0.25, 0.3) is 0 Å². The molecule has 22 heavy (non-hydrogen) atoms. The topological polar surface area (TPSA) is 66.4 Å². The van der Waals surface area contributed by atoms with Crippen LogP contribution in [0.2, 0.25) is 5.02 Å². The molecule has 0 spiro atoms. The molecule has 2 N–H and O–H groups in total. The first-order chi connectivity index (χ1) is 10.4. The number of hydrogen-bond acceptors (Lipinski definition) is 2. The molecule has 1 aromatic carbocycles. The van der Waals surface area contributed by atoms with E-state index < -0.39 is 11.4 Å². The van der Waals surface area contributed by atoms with E-state index in [1.807, 2.05) is 32.9 Å². The minimum Gasteiger partial charge on any atom is -0.481 e. The molecule has 5 heteroatoms. The number of nitrogens with one attached hydrogen (secondary N) is 1. The minimum absolute atomic E-state index is 0.0492. The number of aliphatic carboxylic acids is 1. The number of carbonyl (C=O) groups is 2. The summed E-state index contributed by atoms with van der Waals surface area (Å²) in [5.74, 6) is -0.909. The van der Waals surface area contributed by atoms with Crippen LogP contribution in [0, 0.1) is 0 Å². The Kier molecular flexibility index (Phi) is 6.88. The first-order valence-electron chi connectivity index (χ1n) is 7.64. The fourth-order valence-corrected chi connectivity index (χ4v) is 2.78. The normalized spacial score (nSPS) is 12.7. The fourth-order valence-electron chi connectivity index (χ4n) is 2.65. The van der Waals surface area contributed by atoms with Crippen molar-refractivity contribution >= 4 is 23.5 Å². The van der Waals surface area contributed by atoms with Crippen molar-refractivity contribution in [2.45, 2.75) is 57.9 Å². The Morgan fingerprint density at radius 1 is 1.23 bits per heavy atom. The van der Waals surface area contributed by atoms with E-state index in [0.29, 0.717) is 24.3 Å². The largest absolute Gasteiger partial charge is 0.481 e. The van der Waals surface area contributed by atoms with Gasteiger partial charge in [-0.1, -0.05) is 37.6 Å². The van der Waals surface area contributed by atoms with Crippen molar-refractivity contribution in [3.63, 3.8) is 0 Å². The third-order valence-electron chi connectivity index (χ3n) is 4.21. The lowest BCUT2D eigenvalue weighted by Crippen LogP contribution is -2.47. The number of carboxylic acids is 1. The van der Waals surface area contributed by atoms with Crippen LogP contribution in [0.1, 0.15) is 52.0 Å². The molecule has 1 unspecified atom stereocenters. The lowest BCUT2D eigenvalue weighted by Gasteiger charge is -2.32. The molecular weight excluding hydrogens is 302 g/mol. The van der Waals surface area contributed by atoms with E-state index in [2.05, 4.69) is 5.32 Å². The van der Waals surface area contributed by atoms with Crippen LogP contribution >= 0.6 is 11.6 Å². The summed E-state index contributed by atoms with van der Waals surface area (Å²) < 4.78 is 0. The number of halogens is 1. The standard InChI is InChI=1S/C17H24ClNO3/c1-4-17(5-2,13-7-9-14(18)10-8-13)16(22)19-12(3)6-11-15(20)21/h7-10,12H,4-6,11H2,1-3H3,(H,19,22)(H,20,21). The van der Waals surface area contributed by atoms with Crippen LogP contribution in [0.4, 0.5) is 0 Å². The third kappa shape index (κ3) is 4.47. The highest BCUT2D eigenvalue weighted by molar-refractivity contribution is 6.30. The monoisotopic (exact) mass is 325 g/mol. The van der Waals surface area contributed by atoms with Gasteiger partial charge in [0.2, 0.25) is 5.91 Å². The van der Waals surface area contributed by atoms with Crippen molar-refractivity contribution in [3.8, 4) is 0 Å². The Labute approximate surface area is 136 Å². The van der Waals surface area contributed by atoms with Crippen molar-refractivity contribution < 1.29 is 14.7 Å². The number of hydrogen-bond donors (Lipinski definition) is 2. The average molecular weight is 326 g/mol. The number of benzene rings is 1. The van der Waals surface area contributed by atoms with Gasteiger partial charge in [0, 0.05) is 17.5 Å². The first-order valence-corrected chi connectivity index (χ1v) is 8.02. The number of rotatable bonds is 8. The quantitative estimate of drug-likeness (QED) is 0.764. The molecule has 0 fully saturated rings. The molecule has 1 amide bonds. The summed E-state index contributed by atoms with van der Waals surface area (Å²) >= 11 is 5.93. The predicted octanol–water partition coefficient (Wildman–Crippen LogP) is 3.77. The second kappa shape index (κ2) is 8.18. The highest BCUT2D eigenvalue weighted by Crippen LogP contribution is 2.33. The van der Waals surface area contributed by atoms with E-state index in [-0.39, 0.29) is 18.4 Å². The summed E-state index contributed by atoms with van der Waals surface area (Å²) in [6.07, 6.45) is 1.81. The van der Waals surface area contributed by atoms with Gasteiger partial charge in [0.25, 0.3) is 0 Å². The van der Waals surface area contributed by atoms with Crippen LogP contribution in [0.5, 0.6) is 0 Å². The van der Waals surface area contributed by atoms with Crippen LogP contribution in [-0.4, -0.2) is 23.0 Å². The highest BCUT2D eigenvalue weighted by atomic mass is 35.5. The van der Waals surface area contributed by atoms with E-state index in [4.69, 9.17) is 16.7 Å². The summed E-state index contributed by atoms with van der Waals surface area (Å²) in [4.78, 5) is 23.4. The van der Waals surface area contributed by atoms with Gasteiger partial charge < -0.3 is 10.4 Å². The van der Waals surface area contributed by atoms with Crippen molar-refractivity contribution in [2.24, 2.45) is 0 Å². The second-order valence-corrected chi connectivity index (χ2v) is 6.04. The van der Waals surface area contributed by atoms with Crippen molar-refractivity contribution in [2.75, 3.05) is 0 Å². The lowest BCUT2D eigenvalue weighted by atomic mass is 9.75. The van der Waals surface area contributed by atoms with Crippen molar-refractivity contribution in [1.82, 2.24) is 5.32 Å². The zero-order valence-electron chi connectivity index (χ0n) is 13.4. The predicted molar refractivity (Wildman–Crippen MR) is 88.2 cm³/mol. The number of carbonyl (C=O) groups excluding carboxylic acids is 1. The Balaban J connectivity index is 2.91. The van der Waals surface area contributed by atoms with E-state index in [1.54, 1.807) is 12.1 Å². The van der Waals surface area contributed by atoms with E-state index >= 15 is 0 Å². The zero-order chi connectivity index (χ0) is 16.8. The van der Waals surface area contributed by atoms with Gasteiger partial charge in [-0.05, 0) is 43.9 Å². The van der Waals surface area contributed by atoms with Crippen LogP contribution < -0.4 is 5.32 Å². The van der Waals surface area contributed by atoms with Gasteiger partial charge >= 0.3 is 5.97 Å². The average Bonchev–Trinajstić information content (AvgIpc) is 2.48. The Hall–Kier alpha value is -1.55. The molecule has 0 aliphatic rings. The SMILES string of the molecule is CCC(CC)(C(=O)NC(C)CCC(=O)O)c1ccc(Cl)cc1. The molecule has 0 bridgehead atoms.